The predicted octanol–water partition coefficient (Wildman–Crippen LogP) is 4.32. The zero-order valence-corrected chi connectivity index (χ0v) is 16.6. The van der Waals surface area contributed by atoms with Crippen LogP contribution in [-0.2, 0) is 10.4 Å². The van der Waals surface area contributed by atoms with E-state index < -0.39 is 12.5 Å². The first-order valence-corrected chi connectivity index (χ1v) is 9.74. The van der Waals surface area contributed by atoms with Crippen molar-refractivity contribution in [3.05, 3.63) is 47.9 Å². The van der Waals surface area contributed by atoms with Gasteiger partial charge in [-0.3, -0.25) is 9.78 Å². The molecule has 1 amide bonds. The lowest BCUT2D eigenvalue weighted by Gasteiger charge is -2.16. The molecule has 1 fully saturated rings. The van der Waals surface area contributed by atoms with E-state index in [1.54, 1.807) is 38.1 Å². The summed E-state index contributed by atoms with van der Waals surface area (Å²) in [6, 6.07) is 6.87. The van der Waals surface area contributed by atoms with E-state index in [0.717, 1.165) is 12.8 Å². The first-order chi connectivity index (χ1) is 15.5. The maximum Gasteiger partial charge on any atom is 0.229 e. The molecule has 0 spiro atoms. The number of carbonyl (C=O) groups excluding carboxylic acids is 1. The normalized spacial score (nSPS) is 16.3. The Morgan fingerprint density at radius 3 is 2.80 bits per heavy atom. The van der Waals surface area contributed by atoms with E-state index in [4.69, 9.17) is 8.53 Å². The Bertz CT molecular complexity index is 1400. The van der Waals surface area contributed by atoms with E-state index in [-0.39, 0.29) is 23.4 Å². The summed E-state index contributed by atoms with van der Waals surface area (Å²) in [6.07, 6.45) is 4.53. The average Bonchev–Trinajstić information content (AvgIpc) is 3.50. The number of nitrogens with one attached hydrogen (secondary N) is 1. The summed E-state index contributed by atoms with van der Waals surface area (Å²) in [6.45, 7) is 0.926. The fourth-order valence-electron chi connectivity index (χ4n) is 3.37. The molecule has 1 aromatic carbocycles. The number of anilines is 1. The molecule has 1 aliphatic carbocycles. The quantitative estimate of drug-likeness (QED) is 0.524. The van der Waals surface area contributed by atoms with Gasteiger partial charge in [-0.05, 0) is 57.3 Å². The van der Waals surface area contributed by atoms with Gasteiger partial charge in [0.05, 0.1) is 11.2 Å². The molecule has 4 aromatic rings. The Labute approximate surface area is 177 Å². The molecule has 0 aliphatic heterocycles. The summed E-state index contributed by atoms with van der Waals surface area (Å²) in [7, 11) is 0. The van der Waals surface area contributed by atoms with Gasteiger partial charge in [0, 0.05) is 38.9 Å². The molecule has 0 saturated heterocycles. The Morgan fingerprint density at radius 2 is 2.07 bits per heavy atom. The number of benzene rings is 1. The molecule has 2 N–H and O–H groups in total. The third-order valence-corrected chi connectivity index (χ3v) is 5.30. The number of nitrogens with zero attached hydrogens (tertiary/aromatic N) is 3. The molecule has 0 bridgehead atoms. The van der Waals surface area contributed by atoms with Gasteiger partial charge in [0.25, 0.3) is 0 Å². The van der Waals surface area contributed by atoms with Crippen LogP contribution in [0.3, 0.4) is 0 Å². The fourth-order valence-corrected chi connectivity index (χ4v) is 3.37. The average molecular weight is 405 g/mol. The third-order valence-electron chi connectivity index (χ3n) is 5.30. The van der Waals surface area contributed by atoms with Crippen molar-refractivity contribution in [3.63, 3.8) is 0 Å². The van der Waals surface area contributed by atoms with Crippen LogP contribution in [0.5, 0.6) is 0 Å². The van der Waals surface area contributed by atoms with Crippen LogP contribution in [0.25, 0.3) is 33.3 Å². The van der Waals surface area contributed by atoms with Crippen LogP contribution >= 0.6 is 0 Å². The zero-order valence-electron chi connectivity index (χ0n) is 19.6. The minimum atomic E-state index is -2.44. The summed E-state index contributed by atoms with van der Waals surface area (Å²) in [5, 5.41) is 13.9. The lowest BCUT2D eigenvalue weighted by molar-refractivity contribution is -0.117. The second-order valence-electron chi connectivity index (χ2n) is 8.16. The van der Waals surface area contributed by atoms with Gasteiger partial charge in [0.15, 0.2) is 5.58 Å². The molecule has 0 atom stereocenters. The Balaban J connectivity index is 1.67. The molecular weight excluding hydrogens is 380 g/mol. The van der Waals surface area contributed by atoms with Gasteiger partial charge in [-0.25, -0.2) is 9.97 Å². The van der Waals surface area contributed by atoms with Gasteiger partial charge in [0.1, 0.15) is 11.3 Å². The first-order valence-electron chi connectivity index (χ1n) is 11.2. The Kier molecular flexibility index (Phi) is 3.41. The number of fused-ring (bicyclic) bond motifs is 2. The Morgan fingerprint density at radius 1 is 1.23 bits per heavy atom. The van der Waals surface area contributed by atoms with Crippen molar-refractivity contribution in [2.75, 3.05) is 5.32 Å². The number of aliphatic hydroxyl groups is 1. The molecule has 1 saturated carbocycles. The highest BCUT2D eigenvalue weighted by Crippen LogP contribution is 2.34. The van der Waals surface area contributed by atoms with Crippen molar-refractivity contribution in [2.45, 2.75) is 39.1 Å². The van der Waals surface area contributed by atoms with Crippen molar-refractivity contribution in [1.29, 1.82) is 0 Å². The number of aryl methyl sites for hydroxylation is 1. The zero-order chi connectivity index (χ0) is 23.5. The molecule has 3 aromatic heterocycles. The molecule has 7 nitrogen and oxygen atoms in total. The van der Waals surface area contributed by atoms with Gasteiger partial charge in [-0.2, -0.15) is 0 Å². The van der Waals surface area contributed by atoms with Gasteiger partial charge < -0.3 is 14.8 Å². The number of hydrogen-bond donors (Lipinski definition) is 2. The van der Waals surface area contributed by atoms with Crippen LogP contribution in [0.4, 0.5) is 5.82 Å². The fraction of sp³-hybridized carbons (Fsp3) is 0.304. The lowest BCUT2D eigenvalue weighted by Crippen LogP contribution is -2.14. The molecule has 5 rings (SSSR count). The molecule has 7 heteroatoms. The van der Waals surface area contributed by atoms with Crippen molar-refractivity contribution in [1.82, 2.24) is 15.0 Å². The first kappa shape index (κ1) is 15.5. The van der Waals surface area contributed by atoms with Crippen LogP contribution in [0, 0.1) is 12.8 Å². The topological polar surface area (TPSA) is 101 Å². The monoisotopic (exact) mass is 405 g/mol. The predicted molar refractivity (Wildman–Crippen MR) is 114 cm³/mol. The second kappa shape index (κ2) is 6.60. The minimum absolute atomic E-state index is 0.000598. The maximum atomic E-state index is 12.2. The minimum Gasteiger partial charge on any atom is -0.436 e. The molecule has 152 valence electrons. The van der Waals surface area contributed by atoms with Gasteiger partial charge in [0.2, 0.25) is 11.8 Å². The highest BCUT2D eigenvalue weighted by molar-refractivity contribution is 6.00. The molecule has 1 aliphatic rings. The van der Waals surface area contributed by atoms with Crippen LogP contribution in [0.15, 0.2) is 41.1 Å². The van der Waals surface area contributed by atoms with Crippen molar-refractivity contribution >= 4 is 33.6 Å². The summed E-state index contributed by atoms with van der Waals surface area (Å²) in [5.41, 5.74) is 1.10. The molecule has 3 heterocycles. The van der Waals surface area contributed by atoms with Gasteiger partial charge in [-0.1, -0.05) is 6.07 Å². The number of carbonyl (C=O) groups is 1. The summed E-state index contributed by atoms with van der Waals surface area (Å²) in [4.78, 5) is 25.2. The summed E-state index contributed by atoms with van der Waals surface area (Å²) < 4.78 is 29.5. The van der Waals surface area contributed by atoms with Crippen molar-refractivity contribution < 1.29 is 18.4 Å². The van der Waals surface area contributed by atoms with Gasteiger partial charge in [-0.15, -0.1) is 0 Å². The second-order valence-corrected chi connectivity index (χ2v) is 8.16. The highest BCUT2D eigenvalue weighted by atomic mass is 16.3. The van der Waals surface area contributed by atoms with Crippen LogP contribution in [0.2, 0.25) is 0 Å². The molecule has 0 unspecified atom stereocenters. The number of pyridine rings is 2. The summed E-state index contributed by atoms with van der Waals surface area (Å²) >= 11 is 0. The summed E-state index contributed by atoms with van der Waals surface area (Å²) in [5.74, 6) is 0.468. The molecule has 0 radical (unpaired) electrons. The SMILES string of the molecule is [2H]C([2H])([2H])c1ncc(-c2nc3cc(C(C)(C)O)ccc3o2)c2cc(NC(=O)C3CC3)ncc12. The lowest BCUT2D eigenvalue weighted by atomic mass is 9.98. The van der Waals surface area contributed by atoms with E-state index in [9.17, 15) is 9.90 Å². The van der Waals surface area contributed by atoms with E-state index in [0.29, 0.717) is 38.8 Å². The highest BCUT2D eigenvalue weighted by Gasteiger charge is 2.30. The van der Waals surface area contributed by atoms with Crippen molar-refractivity contribution in [2.24, 2.45) is 5.92 Å². The van der Waals surface area contributed by atoms with Crippen LogP contribution in [-0.4, -0.2) is 26.0 Å². The van der Waals surface area contributed by atoms with Gasteiger partial charge >= 0.3 is 0 Å². The number of rotatable bonds is 4. The van der Waals surface area contributed by atoms with E-state index >= 15 is 0 Å². The van der Waals surface area contributed by atoms with Crippen LogP contribution in [0.1, 0.15) is 42.1 Å². The van der Waals surface area contributed by atoms with E-state index in [1.807, 2.05) is 0 Å². The molecule has 30 heavy (non-hydrogen) atoms. The molecular formula is C23H22N4O3. The Hall–Kier alpha value is -3.32. The number of aromatic nitrogens is 3. The largest absolute Gasteiger partial charge is 0.436 e. The van der Waals surface area contributed by atoms with E-state index in [2.05, 4.69) is 20.3 Å². The van der Waals surface area contributed by atoms with E-state index in [1.165, 1.54) is 12.4 Å². The van der Waals surface area contributed by atoms with Crippen molar-refractivity contribution in [3.8, 4) is 11.5 Å². The number of oxazole rings is 1. The smallest absolute Gasteiger partial charge is 0.229 e. The number of hydrogen-bond acceptors (Lipinski definition) is 6. The standard InChI is InChI=1S/C23H22N4O3/c1-12-16-10-25-20(27-21(28)13-4-5-13)9-15(16)17(11-24-12)22-26-18-8-14(23(2,3)29)6-7-19(18)30-22/h6-11,13,29H,4-5H2,1-3H3,(H,25,27,28)/i1D3. The number of amides is 1. The maximum absolute atomic E-state index is 12.2. The van der Waals surface area contributed by atoms with Crippen LogP contribution < -0.4 is 5.32 Å². The third kappa shape index (κ3) is 3.31.